The van der Waals surface area contributed by atoms with Crippen molar-refractivity contribution in [2.75, 3.05) is 0 Å². The van der Waals surface area contributed by atoms with Gasteiger partial charge in [-0.25, -0.2) is 0 Å². The average Bonchev–Trinajstić information content (AvgIpc) is 3.69. The average molecular weight is 1020 g/mol. The fraction of sp³-hybridized carbons (Fsp3) is 0.356. The van der Waals surface area contributed by atoms with Crippen molar-refractivity contribution in [1.82, 2.24) is 9.97 Å². The smallest absolute Gasteiger partial charge is 0.128 e. The van der Waals surface area contributed by atoms with Crippen molar-refractivity contribution in [2.24, 2.45) is 21.7 Å². The first-order valence-corrected chi connectivity index (χ1v) is 21.9. The molecule has 8 aromatic rings. The topological polar surface area (TPSA) is 38.9 Å². The number of benzene rings is 5. The zero-order valence-corrected chi connectivity index (χ0v) is 40.7. The second-order valence-corrected chi connectivity index (χ2v) is 20.2. The summed E-state index contributed by atoms with van der Waals surface area (Å²) in [6.07, 6.45) is 2.90. The minimum Gasteiger partial charge on any atom is -0.500 e. The van der Waals surface area contributed by atoms with E-state index in [1.807, 2.05) is 102 Å². The van der Waals surface area contributed by atoms with Crippen molar-refractivity contribution >= 4 is 32.7 Å². The molecule has 9 rings (SSSR count). The Kier molecular flexibility index (Phi) is 10.4. The van der Waals surface area contributed by atoms with Crippen LogP contribution < -0.4 is 0 Å². The molecule has 0 amide bonds. The van der Waals surface area contributed by atoms with E-state index in [1.165, 1.54) is 6.07 Å². The molecule has 0 unspecified atom stereocenters. The molecular formula is C59H64IrN2O-2. The maximum atomic E-state index is 10.3. The van der Waals surface area contributed by atoms with Gasteiger partial charge in [0.15, 0.2) is 0 Å². The maximum absolute atomic E-state index is 10.3. The van der Waals surface area contributed by atoms with Gasteiger partial charge in [0, 0.05) is 54.2 Å². The van der Waals surface area contributed by atoms with Gasteiger partial charge < -0.3 is 14.4 Å². The van der Waals surface area contributed by atoms with Gasteiger partial charge >= 0.3 is 0 Å². The molecule has 4 heteroatoms. The summed E-state index contributed by atoms with van der Waals surface area (Å²) in [4.78, 5) is 9.32. The molecule has 5 aromatic carbocycles. The zero-order valence-electron chi connectivity index (χ0n) is 46.3. The molecule has 1 saturated carbocycles. The summed E-state index contributed by atoms with van der Waals surface area (Å²) in [5, 5.41) is 4.22. The minimum atomic E-state index is -2.25. The van der Waals surface area contributed by atoms with Crippen LogP contribution in [-0.2, 0) is 32.9 Å². The molecule has 1 aliphatic rings. The molecule has 1 radical (unpaired) electrons. The maximum Gasteiger partial charge on any atom is 0.128 e. The number of furan rings is 1. The first kappa shape index (κ1) is 36.4. The summed E-state index contributed by atoms with van der Waals surface area (Å²) < 4.78 is 75.8. The molecule has 0 atom stereocenters. The molecule has 0 spiro atoms. The number of aryl methyl sites for hydroxylation is 1. The molecular weight excluding hydrogens is 945 g/mol. The van der Waals surface area contributed by atoms with E-state index in [0.717, 1.165) is 63.1 Å². The summed E-state index contributed by atoms with van der Waals surface area (Å²) in [6.45, 7) is 17.8. The van der Waals surface area contributed by atoms with Crippen molar-refractivity contribution in [3.05, 3.63) is 156 Å². The van der Waals surface area contributed by atoms with Crippen LogP contribution in [0.25, 0.3) is 66.4 Å². The van der Waals surface area contributed by atoms with Crippen LogP contribution in [0, 0.1) is 40.6 Å². The van der Waals surface area contributed by atoms with Crippen LogP contribution in [0.2, 0.25) is 0 Å². The fourth-order valence-corrected chi connectivity index (χ4v) is 9.39. The third-order valence-corrected chi connectivity index (χ3v) is 11.8. The van der Waals surface area contributed by atoms with E-state index in [4.69, 9.17) is 16.3 Å². The number of rotatable bonds is 6. The summed E-state index contributed by atoms with van der Waals surface area (Å²) in [5.41, 5.74) is 5.67. The molecule has 3 aromatic heterocycles. The van der Waals surface area contributed by atoms with Crippen LogP contribution in [0.4, 0.5) is 0 Å². The van der Waals surface area contributed by atoms with Gasteiger partial charge in [-0.2, -0.15) is 0 Å². The third-order valence-electron chi connectivity index (χ3n) is 11.8. The van der Waals surface area contributed by atoms with Gasteiger partial charge in [-0.05, 0) is 92.2 Å². The second kappa shape index (κ2) is 17.9. The summed E-state index contributed by atoms with van der Waals surface area (Å²) in [7, 11) is 0. The molecule has 1 fully saturated rings. The second-order valence-electron chi connectivity index (χ2n) is 20.2. The van der Waals surface area contributed by atoms with Gasteiger partial charge in [0.2, 0.25) is 0 Å². The number of hydrogen-bond donors (Lipinski definition) is 0. The Hall–Kier alpha value is -4.89. The van der Waals surface area contributed by atoms with Crippen LogP contribution in [0.3, 0.4) is 0 Å². The van der Waals surface area contributed by atoms with Crippen molar-refractivity contribution in [3.63, 3.8) is 0 Å². The number of fused-ring (bicyclic) bond motifs is 5. The zero-order chi connectivity index (χ0) is 51.0. The monoisotopic (exact) mass is 1020 g/mol. The van der Waals surface area contributed by atoms with E-state index in [2.05, 4.69) is 69.1 Å². The van der Waals surface area contributed by atoms with Gasteiger partial charge in [-0.3, -0.25) is 0 Å². The van der Waals surface area contributed by atoms with Gasteiger partial charge in [-0.15, -0.1) is 47.5 Å². The summed E-state index contributed by atoms with van der Waals surface area (Å²) in [6, 6.07) is 41.0. The van der Waals surface area contributed by atoms with E-state index < -0.39 is 36.3 Å². The fourth-order valence-electron chi connectivity index (χ4n) is 9.39. The van der Waals surface area contributed by atoms with E-state index >= 15 is 0 Å². The van der Waals surface area contributed by atoms with Gasteiger partial charge in [0.25, 0.3) is 0 Å². The number of nitrogens with zero attached hydrogens (tertiary/aromatic N) is 2. The van der Waals surface area contributed by atoms with E-state index in [-0.39, 0.29) is 36.5 Å². The van der Waals surface area contributed by atoms with Gasteiger partial charge in [0.05, 0.1) is 5.58 Å². The number of hydrogen-bond acceptors (Lipinski definition) is 3. The molecule has 327 valence electrons. The Balaban J connectivity index is 0.000000219. The Morgan fingerprint density at radius 1 is 0.730 bits per heavy atom. The molecule has 0 bridgehead atoms. The quantitative estimate of drug-likeness (QED) is 0.156. The van der Waals surface area contributed by atoms with E-state index in [0.29, 0.717) is 39.2 Å². The van der Waals surface area contributed by atoms with Crippen LogP contribution >= 0.6 is 0 Å². The summed E-state index contributed by atoms with van der Waals surface area (Å²) in [5.74, 6) is -1.04. The van der Waals surface area contributed by atoms with Gasteiger partial charge in [-0.1, -0.05) is 184 Å². The standard InChI is InChI=1S/C36H40NO.C23H24N.Ir/c1-34(2,3)21-24-22-37-30(20-29(24)33-35(4,5)18-11-19-36(33,6)7)28-15-10-14-26-27-17-16-23-12-8-9-13-25(23)31(27)38-32(26)28;1-17-10-12-20(14-21(17)19-8-6-5-7-9-19)22-13-11-18(16-24-22)15-23(2,3)4;/h8-10,12-14,16-17,20,22,33H,11,18-19,21H2,1-7H3;5-11,13-14,16H,15H2,1-4H3;/q2*-1;/i21D2,33D;1D3,15D2;. The number of pyridine rings is 2. The molecule has 3 nitrogen and oxygen atoms in total. The first-order valence-electron chi connectivity index (χ1n) is 25.9. The largest absolute Gasteiger partial charge is 0.500 e. The van der Waals surface area contributed by atoms with Crippen molar-refractivity contribution in [2.45, 2.75) is 114 Å². The van der Waals surface area contributed by atoms with Crippen molar-refractivity contribution < 1.29 is 35.5 Å². The Labute approximate surface area is 401 Å². The Morgan fingerprint density at radius 3 is 2.10 bits per heavy atom. The molecule has 0 aliphatic heterocycles. The van der Waals surface area contributed by atoms with E-state index in [9.17, 15) is 4.11 Å². The first-order chi connectivity index (χ1) is 32.5. The number of aromatic nitrogens is 2. The normalized spacial score (nSPS) is 18.3. The van der Waals surface area contributed by atoms with Crippen LogP contribution in [0.15, 0.2) is 126 Å². The minimum absolute atomic E-state index is 0. The van der Waals surface area contributed by atoms with Crippen molar-refractivity contribution in [1.29, 1.82) is 0 Å². The Bertz CT molecular complexity index is 3200. The van der Waals surface area contributed by atoms with Gasteiger partial charge in [0.1, 0.15) is 5.58 Å². The summed E-state index contributed by atoms with van der Waals surface area (Å²) >= 11 is 0. The molecule has 0 saturated heterocycles. The third kappa shape index (κ3) is 10.1. The van der Waals surface area contributed by atoms with Crippen molar-refractivity contribution in [3.8, 4) is 33.6 Å². The predicted octanol–water partition coefficient (Wildman–Crippen LogP) is 16.6. The molecule has 1 aliphatic carbocycles. The molecule has 0 N–H and O–H groups in total. The van der Waals surface area contributed by atoms with Crippen LogP contribution in [0.5, 0.6) is 0 Å². The Morgan fingerprint density at radius 2 is 1.41 bits per heavy atom. The SMILES string of the molecule is [2H]C([2H])([2H])c1c[c-]c(-c2ccc(C([2H])([2H])C(C)(C)C)cn2)cc1-c1ccccc1.[2H]C([2H])(c1cnc(-c2[c-]ccc3c2oc2c4ccccc4ccc32)cc1C1([2H])C(C)(C)CCCC1(C)C)C(C)(C)C.[Ir]. The van der Waals surface area contributed by atoms with Crippen LogP contribution in [0.1, 0.15) is 128 Å². The van der Waals surface area contributed by atoms with E-state index in [1.54, 1.807) is 30.6 Å². The van der Waals surface area contributed by atoms with Crippen LogP contribution in [-0.4, -0.2) is 9.97 Å². The molecule has 3 heterocycles. The predicted molar refractivity (Wildman–Crippen MR) is 262 cm³/mol. The molecule has 63 heavy (non-hydrogen) atoms.